The third-order valence-corrected chi connectivity index (χ3v) is 4.29. The number of aromatic nitrogens is 1. The molecule has 3 aromatic rings. The van der Waals surface area contributed by atoms with Crippen molar-refractivity contribution in [2.24, 2.45) is 0 Å². The van der Waals surface area contributed by atoms with E-state index in [1.165, 1.54) is 11.1 Å². The van der Waals surface area contributed by atoms with Crippen LogP contribution in [0.2, 0.25) is 0 Å². The van der Waals surface area contributed by atoms with E-state index in [0.717, 1.165) is 21.8 Å². The van der Waals surface area contributed by atoms with Crippen LogP contribution in [0.4, 0.5) is 0 Å². The summed E-state index contributed by atoms with van der Waals surface area (Å²) in [5, 5.41) is 12.5. The number of aryl methyl sites for hydroxylation is 2. The van der Waals surface area contributed by atoms with Gasteiger partial charge >= 0.3 is 0 Å². The summed E-state index contributed by atoms with van der Waals surface area (Å²) < 4.78 is 0. The van der Waals surface area contributed by atoms with Crippen molar-refractivity contribution in [3.63, 3.8) is 0 Å². The number of hydrogen-bond acceptors (Lipinski definition) is 3. The van der Waals surface area contributed by atoms with Gasteiger partial charge in [-0.15, -0.1) is 11.3 Å². The van der Waals surface area contributed by atoms with Crippen LogP contribution in [-0.4, -0.2) is 10.1 Å². The number of phenolic OH excluding ortho intramolecular Hbond substituents is 1. The Balaban J connectivity index is 1.99. The Kier molecular flexibility index (Phi) is 3.28. The lowest BCUT2D eigenvalue weighted by atomic mass is 10.1. The molecule has 0 saturated heterocycles. The second-order valence-electron chi connectivity index (χ2n) is 4.89. The predicted molar refractivity (Wildman–Crippen MR) is 84.1 cm³/mol. The fraction of sp³-hybridized carbons (Fsp3) is 0.118. The number of aromatic hydroxyl groups is 1. The highest BCUT2D eigenvalue weighted by Crippen LogP contribution is 2.30. The average molecular weight is 281 g/mol. The fourth-order valence-electron chi connectivity index (χ4n) is 2.08. The quantitative estimate of drug-likeness (QED) is 0.732. The number of benzene rings is 2. The molecule has 2 nitrogen and oxygen atoms in total. The van der Waals surface area contributed by atoms with Crippen molar-refractivity contribution in [2.75, 3.05) is 0 Å². The van der Waals surface area contributed by atoms with Crippen molar-refractivity contribution in [3.8, 4) is 27.6 Å². The molecule has 0 saturated carbocycles. The van der Waals surface area contributed by atoms with Crippen LogP contribution in [0.25, 0.3) is 21.8 Å². The molecule has 1 aromatic heterocycles. The Morgan fingerprint density at radius 1 is 0.950 bits per heavy atom. The van der Waals surface area contributed by atoms with Gasteiger partial charge < -0.3 is 5.11 Å². The molecular formula is C17H15NOS. The van der Waals surface area contributed by atoms with Crippen molar-refractivity contribution in [1.82, 2.24) is 4.98 Å². The van der Waals surface area contributed by atoms with E-state index in [1.807, 2.05) is 12.1 Å². The van der Waals surface area contributed by atoms with Gasteiger partial charge in [0.25, 0.3) is 0 Å². The molecule has 100 valence electrons. The van der Waals surface area contributed by atoms with Crippen LogP contribution in [0.5, 0.6) is 5.75 Å². The van der Waals surface area contributed by atoms with Crippen LogP contribution in [0.15, 0.2) is 47.8 Å². The third kappa shape index (κ3) is 2.45. The molecule has 3 heteroatoms. The van der Waals surface area contributed by atoms with E-state index in [1.54, 1.807) is 23.5 Å². The van der Waals surface area contributed by atoms with E-state index >= 15 is 0 Å². The molecule has 20 heavy (non-hydrogen) atoms. The predicted octanol–water partition coefficient (Wildman–Crippen LogP) is 4.80. The van der Waals surface area contributed by atoms with E-state index in [9.17, 15) is 5.11 Å². The van der Waals surface area contributed by atoms with Crippen LogP contribution in [0, 0.1) is 13.8 Å². The number of phenols is 1. The highest BCUT2D eigenvalue weighted by Gasteiger charge is 2.07. The second kappa shape index (κ2) is 5.10. The van der Waals surface area contributed by atoms with Crippen LogP contribution in [0.3, 0.4) is 0 Å². The molecule has 0 aliphatic rings. The first kappa shape index (κ1) is 12.9. The minimum absolute atomic E-state index is 0.269. The van der Waals surface area contributed by atoms with Gasteiger partial charge in [0.1, 0.15) is 10.8 Å². The molecule has 0 radical (unpaired) electrons. The van der Waals surface area contributed by atoms with Crippen LogP contribution in [-0.2, 0) is 0 Å². The zero-order valence-corrected chi connectivity index (χ0v) is 12.2. The molecular weight excluding hydrogens is 266 g/mol. The Morgan fingerprint density at radius 3 is 2.55 bits per heavy atom. The minimum Gasteiger partial charge on any atom is -0.508 e. The monoisotopic (exact) mass is 281 g/mol. The Labute approximate surface area is 122 Å². The van der Waals surface area contributed by atoms with E-state index in [-0.39, 0.29) is 5.75 Å². The summed E-state index contributed by atoms with van der Waals surface area (Å²) in [4.78, 5) is 4.67. The summed E-state index contributed by atoms with van der Waals surface area (Å²) >= 11 is 1.59. The van der Waals surface area contributed by atoms with Gasteiger partial charge in [-0.25, -0.2) is 4.98 Å². The summed E-state index contributed by atoms with van der Waals surface area (Å²) in [5.74, 6) is 0.269. The van der Waals surface area contributed by atoms with Crippen LogP contribution in [0.1, 0.15) is 11.1 Å². The van der Waals surface area contributed by atoms with E-state index in [2.05, 4.69) is 42.4 Å². The van der Waals surface area contributed by atoms with Gasteiger partial charge in [-0.2, -0.15) is 0 Å². The summed E-state index contributed by atoms with van der Waals surface area (Å²) in [5.41, 5.74) is 5.63. The average Bonchev–Trinajstić information content (AvgIpc) is 2.92. The standard InChI is InChI=1S/C17H15NOS/c1-11-6-7-13(8-12(11)2)16-10-20-17(18-16)14-4-3-5-15(19)9-14/h3-10,19H,1-2H3. The van der Waals surface area contributed by atoms with Gasteiger partial charge in [0.2, 0.25) is 0 Å². The number of nitrogens with zero attached hydrogens (tertiary/aromatic N) is 1. The van der Waals surface area contributed by atoms with Crippen molar-refractivity contribution in [2.45, 2.75) is 13.8 Å². The molecule has 0 unspecified atom stereocenters. The molecule has 0 fully saturated rings. The normalized spacial score (nSPS) is 10.7. The molecule has 2 aromatic carbocycles. The highest BCUT2D eigenvalue weighted by molar-refractivity contribution is 7.13. The lowest BCUT2D eigenvalue weighted by molar-refractivity contribution is 0.475. The zero-order chi connectivity index (χ0) is 14.1. The highest BCUT2D eigenvalue weighted by atomic mass is 32.1. The lowest BCUT2D eigenvalue weighted by Crippen LogP contribution is -1.84. The number of rotatable bonds is 2. The molecule has 0 aliphatic carbocycles. The first-order valence-corrected chi connectivity index (χ1v) is 7.34. The maximum Gasteiger partial charge on any atom is 0.124 e. The van der Waals surface area contributed by atoms with Gasteiger partial charge in [-0.05, 0) is 43.2 Å². The van der Waals surface area contributed by atoms with Crippen molar-refractivity contribution in [3.05, 3.63) is 59.0 Å². The first-order valence-electron chi connectivity index (χ1n) is 6.46. The van der Waals surface area contributed by atoms with Gasteiger partial charge in [0.15, 0.2) is 0 Å². The SMILES string of the molecule is Cc1ccc(-c2csc(-c3cccc(O)c3)n2)cc1C. The maximum atomic E-state index is 9.54. The number of thiazole rings is 1. The van der Waals surface area contributed by atoms with Gasteiger partial charge in [-0.1, -0.05) is 24.3 Å². The number of hydrogen-bond donors (Lipinski definition) is 1. The van der Waals surface area contributed by atoms with E-state index in [0.29, 0.717) is 0 Å². The van der Waals surface area contributed by atoms with Crippen molar-refractivity contribution in [1.29, 1.82) is 0 Å². The summed E-state index contributed by atoms with van der Waals surface area (Å²) in [6.07, 6.45) is 0. The first-order chi connectivity index (χ1) is 9.63. The fourth-order valence-corrected chi connectivity index (χ4v) is 2.90. The molecule has 0 bridgehead atoms. The molecule has 0 spiro atoms. The Bertz CT molecular complexity index is 761. The second-order valence-corrected chi connectivity index (χ2v) is 5.75. The third-order valence-electron chi connectivity index (χ3n) is 3.40. The topological polar surface area (TPSA) is 33.1 Å². The molecule has 0 aliphatic heterocycles. The van der Waals surface area contributed by atoms with Crippen LogP contribution >= 0.6 is 11.3 Å². The maximum absolute atomic E-state index is 9.54. The zero-order valence-electron chi connectivity index (χ0n) is 11.4. The van der Waals surface area contributed by atoms with Gasteiger partial charge in [0.05, 0.1) is 5.69 Å². The van der Waals surface area contributed by atoms with E-state index < -0.39 is 0 Å². The van der Waals surface area contributed by atoms with Gasteiger partial charge in [0, 0.05) is 16.5 Å². The van der Waals surface area contributed by atoms with Crippen molar-refractivity contribution < 1.29 is 5.11 Å². The summed E-state index contributed by atoms with van der Waals surface area (Å²) in [6.45, 7) is 4.22. The lowest BCUT2D eigenvalue weighted by Gasteiger charge is -2.02. The Hall–Kier alpha value is -2.13. The smallest absolute Gasteiger partial charge is 0.124 e. The van der Waals surface area contributed by atoms with Gasteiger partial charge in [-0.3, -0.25) is 0 Å². The molecule has 1 heterocycles. The summed E-state index contributed by atoms with van der Waals surface area (Å²) in [7, 11) is 0. The Morgan fingerprint density at radius 2 is 1.80 bits per heavy atom. The minimum atomic E-state index is 0.269. The molecule has 0 atom stereocenters. The molecule has 0 amide bonds. The molecule has 3 rings (SSSR count). The van der Waals surface area contributed by atoms with Crippen LogP contribution < -0.4 is 0 Å². The summed E-state index contributed by atoms with van der Waals surface area (Å²) in [6, 6.07) is 13.6. The molecule has 1 N–H and O–H groups in total. The largest absolute Gasteiger partial charge is 0.508 e. The van der Waals surface area contributed by atoms with Crippen molar-refractivity contribution >= 4 is 11.3 Å². The van der Waals surface area contributed by atoms with E-state index in [4.69, 9.17) is 0 Å².